The second-order valence-electron chi connectivity index (χ2n) is 5.86. The van der Waals surface area contributed by atoms with E-state index in [1.807, 2.05) is 13.8 Å². The zero-order chi connectivity index (χ0) is 17.2. The molecule has 0 aliphatic carbocycles. The third kappa shape index (κ3) is 4.04. The second-order valence-corrected chi connectivity index (χ2v) is 6.67. The molecule has 2 heterocycles. The molecule has 0 aliphatic heterocycles. The highest BCUT2D eigenvalue weighted by atomic mass is 79.9. The summed E-state index contributed by atoms with van der Waals surface area (Å²) in [5, 5.41) is 9.09. The highest BCUT2D eigenvalue weighted by Crippen LogP contribution is 2.24. The predicted octanol–water partition coefficient (Wildman–Crippen LogP) is 3.98. The molecule has 0 bridgehead atoms. The van der Waals surface area contributed by atoms with Crippen molar-refractivity contribution in [1.29, 1.82) is 0 Å². The molecule has 23 heavy (non-hydrogen) atoms. The van der Waals surface area contributed by atoms with Gasteiger partial charge in [0.25, 0.3) is 0 Å². The van der Waals surface area contributed by atoms with Gasteiger partial charge in [0.15, 0.2) is 0 Å². The number of nitrogens with zero attached hydrogens (tertiary/aromatic N) is 3. The van der Waals surface area contributed by atoms with Gasteiger partial charge in [-0.05, 0) is 35.8 Å². The zero-order valence-corrected chi connectivity index (χ0v) is 14.6. The summed E-state index contributed by atoms with van der Waals surface area (Å²) in [5.41, 5.74) is 1.13. The van der Waals surface area contributed by atoms with Crippen LogP contribution in [0.3, 0.4) is 0 Å². The van der Waals surface area contributed by atoms with Gasteiger partial charge in [-0.1, -0.05) is 6.07 Å². The van der Waals surface area contributed by atoms with Gasteiger partial charge in [0.1, 0.15) is 10.4 Å². The average Bonchev–Trinajstić information content (AvgIpc) is 2.47. The summed E-state index contributed by atoms with van der Waals surface area (Å²) in [5.74, 6) is -0.382. The van der Waals surface area contributed by atoms with Crippen molar-refractivity contribution in [3.8, 4) is 11.1 Å². The van der Waals surface area contributed by atoms with E-state index in [1.54, 1.807) is 18.3 Å². The lowest BCUT2D eigenvalue weighted by molar-refractivity contribution is 0.110. The van der Waals surface area contributed by atoms with Gasteiger partial charge in [0.2, 0.25) is 0 Å². The molecule has 5 nitrogen and oxygen atoms in total. The van der Waals surface area contributed by atoms with E-state index in [9.17, 15) is 9.18 Å². The maximum Gasteiger partial charge on any atom is 0.407 e. The van der Waals surface area contributed by atoms with E-state index < -0.39 is 11.6 Å². The highest BCUT2D eigenvalue weighted by Gasteiger charge is 2.28. The molecule has 122 valence electrons. The van der Waals surface area contributed by atoms with E-state index in [1.165, 1.54) is 24.2 Å². The Morgan fingerprint density at radius 3 is 2.57 bits per heavy atom. The maximum atomic E-state index is 13.9. The molecule has 2 aromatic rings. The Morgan fingerprint density at radius 2 is 2.04 bits per heavy atom. The fourth-order valence-electron chi connectivity index (χ4n) is 2.13. The predicted molar refractivity (Wildman–Crippen MR) is 88.7 cm³/mol. The fourth-order valence-corrected chi connectivity index (χ4v) is 2.43. The molecular weight excluding hydrogens is 365 g/mol. The van der Waals surface area contributed by atoms with Gasteiger partial charge < -0.3 is 10.0 Å². The van der Waals surface area contributed by atoms with Crippen molar-refractivity contribution < 1.29 is 14.3 Å². The molecule has 0 atom stereocenters. The van der Waals surface area contributed by atoms with Crippen LogP contribution in [0.25, 0.3) is 11.1 Å². The SMILES string of the molecule is CN(C(=O)O)C(C)(C)Cc1ccc(-c2cnc(Br)cc2F)cn1. The standard InChI is InChI=1S/C16H17BrFN3O2/c1-16(2,21(3)15(22)23)7-11-5-4-10(8-19-11)12-9-20-14(17)6-13(12)18/h4-6,8-9H,7H2,1-3H3,(H,22,23). The lowest BCUT2D eigenvalue weighted by atomic mass is 9.96. The summed E-state index contributed by atoms with van der Waals surface area (Å²) in [6.07, 6.45) is 2.48. The molecule has 0 fully saturated rings. The van der Waals surface area contributed by atoms with Crippen LogP contribution in [0.1, 0.15) is 19.5 Å². The van der Waals surface area contributed by atoms with Crippen LogP contribution in [0.2, 0.25) is 0 Å². The average molecular weight is 382 g/mol. The first-order chi connectivity index (χ1) is 10.7. The minimum absolute atomic E-state index is 0.370. The van der Waals surface area contributed by atoms with E-state index in [2.05, 4.69) is 25.9 Å². The lowest BCUT2D eigenvalue weighted by Crippen LogP contribution is -2.46. The van der Waals surface area contributed by atoms with Crippen molar-refractivity contribution in [3.05, 3.63) is 46.7 Å². The molecule has 0 aliphatic rings. The van der Waals surface area contributed by atoms with E-state index in [4.69, 9.17) is 5.11 Å². The van der Waals surface area contributed by atoms with Crippen LogP contribution in [-0.2, 0) is 6.42 Å². The first kappa shape index (κ1) is 17.3. The number of rotatable bonds is 4. The monoisotopic (exact) mass is 381 g/mol. The van der Waals surface area contributed by atoms with Crippen molar-refractivity contribution in [2.45, 2.75) is 25.8 Å². The molecule has 0 unspecified atom stereocenters. The Kier molecular flexibility index (Phi) is 4.99. The van der Waals surface area contributed by atoms with Gasteiger partial charge in [0, 0.05) is 54.3 Å². The van der Waals surface area contributed by atoms with Crippen molar-refractivity contribution >= 4 is 22.0 Å². The Hall–Kier alpha value is -2.02. The molecule has 7 heteroatoms. The number of amides is 1. The molecule has 2 rings (SSSR count). The van der Waals surface area contributed by atoms with Gasteiger partial charge in [-0.2, -0.15) is 0 Å². The van der Waals surface area contributed by atoms with Crippen molar-refractivity contribution in [3.63, 3.8) is 0 Å². The minimum atomic E-state index is -0.991. The number of carbonyl (C=O) groups is 1. The summed E-state index contributed by atoms with van der Waals surface area (Å²) in [7, 11) is 1.53. The number of halogens is 2. The van der Waals surface area contributed by atoms with Crippen molar-refractivity contribution in [2.75, 3.05) is 7.05 Å². The van der Waals surface area contributed by atoms with Crippen LogP contribution in [0.15, 0.2) is 35.2 Å². The number of hydrogen-bond donors (Lipinski definition) is 1. The molecular formula is C16H17BrFN3O2. The third-order valence-electron chi connectivity index (χ3n) is 3.76. The Bertz CT molecular complexity index is 720. The summed E-state index contributed by atoms with van der Waals surface area (Å²) in [6.45, 7) is 3.66. The van der Waals surface area contributed by atoms with E-state index in [-0.39, 0.29) is 5.82 Å². The maximum absolute atomic E-state index is 13.9. The van der Waals surface area contributed by atoms with Crippen LogP contribution in [-0.4, -0.2) is 38.7 Å². The summed E-state index contributed by atoms with van der Waals surface area (Å²) in [6, 6.07) is 4.83. The van der Waals surface area contributed by atoms with Crippen molar-refractivity contribution in [2.24, 2.45) is 0 Å². The van der Waals surface area contributed by atoms with Gasteiger partial charge >= 0.3 is 6.09 Å². The normalized spacial score (nSPS) is 11.3. The van der Waals surface area contributed by atoms with Gasteiger partial charge in [-0.25, -0.2) is 14.2 Å². The lowest BCUT2D eigenvalue weighted by Gasteiger charge is -2.33. The molecule has 0 radical (unpaired) electrons. The first-order valence-corrected chi connectivity index (χ1v) is 7.73. The van der Waals surface area contributed by atoms with Crippen molar-refractivity contribution in [1.82, 2.24) is 14.9 Å². The van der Waals surface area contributed by atoms with Crippen LogP contribution in [0, 0.1) is 5.82 Å². The quantitative estimate of drug-likeness (QED) is 0.813. The van der Waals surface area contributed by atoms with E-state index >= 15 is 0 Å². The van der Waals surface area contributed by atoms with Crippen LogP contribution in [0.4, 0.5) is 9.18 Å². The van der Waals surface area contributed by atoms with E-state index in [0.29, 0.717) is 22.2 Å². The first-order valence-electron chi connectivity index (χ1n) is 6.94. The Balaban J connectivity index is 2.21. The largest absolute Gasteiger partial charge is 0.465 e. The van der Waals surface area contributed by atoms with Gasteiger partial charge in [-0.3, -0.25) is 4.98 Å². The zero-order valence-electron chi connectivity index (χ0n) is 13.0. The summed E-state index contributed by atoms with van der Waals surface area (Å²) >= 11 is 3.12. The molecule has 0 spiro atoms. The van der Waals surface area contributed by atoms with Gasteiger partial charge in [-0.15, -0.1) is 0 Å². The van der Waals surface area contributed by atoms with Crippen LogP contribution in [0.5, 0.6) is 0 Å². The fraction of sp³-hybridized carbons (Fsp3) is 0.312. The number of pyridine rings is 2. The molecule has 2 aromatic heterocycles. The Labute approximate surface area is 142 Å². The number of aromatic nitrogens is 2. The molecule has 0 aromatic carbocycles. The highest BCUT2D eigenvalue weighted by molar-refractivity contribution is 9.10. The second kappa shape index (κ2) is 6.62. The molecule has 1 N–H and O–H groups in total. The molecule has 0 saturated heterocycles. The summed E-state index contributed by atoms with van der Waals surface area (Å²) < 4.78 is 14.4. The third-order valence-corrected chi connectivity index (χ3v) is 4.20. The number of likely N-dealkylation sites (N-methyl/N-ethyl adjacent to an activating group) is 1. The molecule has 0 saturated carbocycles. The Morgan fingerprint density at radius 1 is 1.35 bits per heavy atom. The van der Waals surface area contributed by atoms with E-state index in [0.717, 1.165) is 5.69 Å². The number of hydrogen-bond acceptors (Lipinski definition) is 3. The van der Waals surface area contributed by atoms with Gasteiger partial charge in [0.05, 0.1) is 0 Å². The van der Waals surface area contributed by atoms with Crippen LogP contribution >= 0.6 is 15.9 Å². The minimum Gasteiger partial charge on any atom is -0.465 e. The molecule has 1 amide bonds. The number of carboxylic acid groups (broad SMARTS) is 1. The van der Waals surface area contributed by atoms with Crippen LogP contribution < -0.4 is 0 Å². The smallest absolute Gasteiger partial charge is 0.407 e. The summed E-state index contributed by atoms with van der Waals surface area (Å²) in [4.78, 5) is 20.7. The topological polar surface area (TPSA) is 66.3 Å².